The number of pyridine rings is 1. The lowest BCUT2D eigenvalue weighted by atomic mass is 10.0. The highest BCUT2D eigenvalue weighted by Gasteiger charge is 2.41. The first-order chi connectivity index (χ1) is 8.55. The zero-order valence-electron chi connectivity index (χ0n) is 10.6. The molecular formula is C13H18N2O3. The van der Waals surface area contributed by atoms with Crippen LogP contribution in [0.1, 0.15) is 30.3 Å². The summed E-state index contributed by atoms with van der Waals surface area (Å²) >= 11 is 0. The maximum atomic E-state index is 10.8. The van der Waals surface area contributed by atoms with Crippen LogP contribution >= 0.6 is 0 Å². The normalized spacial score (nSPS) is 18.1. The van der Waals surface area contributed by atoms with E-state index in [1.54, 1.807) is 19.2 Å². The fourth-order valence-electron chi connectivity index (χ4n) is 2.00. The Morgan fingerprint density at radius 2 is 2.33 bits per heavy atom. The van der Waals surface area contributed by atoms with Gasteiger partial charge in [0.25, 0.3) is 0 Å². The molecule has 2 N–H and O–H groups in total. The SMILES string of the molecule is COC(C)(CNc1cccc(C(=O)O)n1)C1CC1. The highest BCUT2D eigenvalue weighted by Crippen LogP contribution is 2.41. The standard InChI is InChI=1S/C13H18N2O3/c1-13(18-2,9-6-7-9)8-14-11-5-3-4-10(15-11)12(16)17/h3-5,9H,6-8H2,1-2H3,(H,14,15)(H,16,17). The summed E-state index contributed by atoms with van der Waals surface area (Å²) in [6.45, 7) is 2.70. The molecule has 1 aliphatic carbocycles. The monoisotopic (exact) mass is 250 g/mol. The minimum Gasteiger partial charge on any atom is -0.477 e. The van der Waals surface area contributed by atoms with Crippen LogP contribution in [-0.2, 0) is 4.74 Å². The molecule has 1 unspecified atom stereocenters. The molecule has 1 atom stereocenters. The Kier molecular flexibility index (Phi) is 3.52. The molecule has 1 fully saturated rings. The van der Waals surface area contributed by atoms with Crippen molar-refractivity contribution in [2.24, 2.45) is 5.92 Å². The van der Waals surface area contributed by atoms with Crippen molar-refractivity contribution < 1.29 is 14.6 Å². The minimum atomic E-state index is -1.02. The van der Waals surface area contributed by atoms with Gasteiger partial charge in [0.15, 0.2) is 5.69 Å². The molecule has 0 bridgehead atoms. The maximum absolute atomic E-state index is 10.8. The molecule has 0 aromatic carbocycles. The van der Waals surface area contributed by atoms with Crippen molar-refractivity contribution >= 4 is 11.8 Å². The molecule has 1 saturated carbocycles. The number of anilines is 1. The predicted octanol–water partition coefficient (Wildman–Crippen LogP) is 2.01. The van der Waals surface area contributed by atoms with Crippen molar-refractivity contribution in [2.75, 3.05) is 19.0 Å². The van der Waals surface area contributed by atoms with Gasteiger partial charge in [0.05, 0.1) is 5.60 Å². The number of carboxylic acids is 1. The van der Waals surface area contributed by atoms with Gasteiger partial charge in [-0.15, -0.1) is 0 Å². The molecule has 1 aliphatic rings. The largest absolute Gasteiger partial charge is 0.477 e. The second-order valence-electron chi connectivity index (χ2n) is 4.86. The molecule has 0 aliphatic heterocycles. The number of aromatic carboxylic acids is 1. The van der Waals surface area contributed by atoms with Gasteiger partial charge in [-0.3, -0.25) is 0 Å². The number of carbonyl (C=O) groups is 1. The number of methoxy groups -OCH3 is 1. The quantitative estimate of drug-likeness (QED) is 0.808. The average Bonchev–Trinajstić information content (AvgIpc) is 3.21. The molecule has 2 rings (SSSR count). The highest BCUT2D eigenvalue weighted by atomic mass is 16.5. The van der Waals surface area contributed by atoms with Gasteiger partial charge in [0.1, 0.15) is 5.82 Å². The van der Waals surface area contributed by atoms with E-state index in [1.807, 2.05) is 0 Å². The fourth-order valence-corrected chi connectivity index (χ4v) is 2.00. The summed E-state index contributed by atoms with van der Waals surface area (Å²) in [5, 5.41) is 12.0. The van der Waals surface area contributed by atoms with Crippen molar-refractivity contribution in [3.8, 4) is 0 Å². The third kappa shape index (κ3) is 2.79. The van der Waals surface area contributed by atoms with E-state index in [0.717, 1.165) is 0 Å². The van der Waals surface area contributed by atoms with E-state index >= 15 is 0 Å². The summed E-state index contributed by atoms with van der Waals surface area (Å²) < 4.78 is 5.55. The van der Waals surface area contributed by atoms with Crippen LogP contribution in [0.25, 0.3) is 0 Å². The Balaban J connectivity index is 2.01. The van der Waals surface area contributed by atoms with Gasteiger partial charge in [0, 0.05) is 13.7 Å². The molecule has 1 aromatic heterocycles. The van der Waals surface area contributed by atoms with Gasteiger partial charge < -0.3 is 15.2 Å². The van der Waals surface area contributed by atoms with E-state index in [-0.39, 0.29) is 11.3 Å². The Labute approximate surface area is 106 Å². The molecule has 0 spiro atoms. The molecule has 5 heteroatoms. The van der Waals surface area contributed by atoms with E-state index in [1.165, 1.54) is 18.9 Å². The number of hydrogen-bond acceptors (Lipinski definition) is 4. The summed E-state index contributed by atoms with van der Waals surface area (Å²) in [4.78, 5) is 14.8. The number of carboxylic acid groups (broad SMARTS) is 1. The van der Waals surface area contributed by atoms with Crippen LogP contribution in [0.5, 0.6) is 0 Å². The van der Waals surface area contributed by atoms with Crippen LogP contribution in [0.4, 0.5) is 5.82 Å². The third-order valence-electron chi connectivity index (χ3n) is 3.50. The van der Waals surface area contributed by atoms with Crippen LogP contribution in [0.3, 0.4) is 0 Å². The summed E-state index contributed by atoms with van der Waals surface area (Å²) in [5.74, 6) is 0.131. The van der Waals surface area contributed by atoms with Crippen molar-refractivity contribution in [3.63, 3.8) is 0 Å². The van der Waals surface area contributed by atoms with Gasteiger partial charge >= 0.3 is 5.97 Å². The third-order valence-corrected chi connectivity index (χ3v) is 3.50. The van der Waals surface area contributed by atoms with Crippen molar-refractivity contribution in [1.82, 2.24) is 4.98 Å². The molecule has 1 aromatic rings. The zero-order chi connectivity index (χ0) is 13.2. The molecule has 18 heavy (non-hydrogen) atoms. The Bertz CT molecular complexity index is 446. The summed E-state index contributed by atoms with van der Waals surface area (Å²) in [6, 6.07) is 4.92. The fraction of sp³-hybridized carbons (Fsp3) is 0.538. The van der Waals surface area contributed by atoms with E-state index in [0.29, 0.717) is 18.3 Å². The van der Waals surface area contributed by atoms with E-state index in [9.17, 15) is 4.79 Å². The number of nitrogens with one attached hydrogen (secondary N) is 1. The first-order valence-electron chi connectivity index (χ1n) is 6.04. The summed E-state index contributed by atoms with van der Waals surface area (Å²) in [5.41, 5.74) is -0.161. The van der Waals surface area contributed by atoms with Crippen LogP contribution in [0.2, 0.25) is 0 Å². The number of rotatable bonds is 6. The number of ether oxygens (including phenoxy) is 1. The molecule has 0 radical (unpaired) electrons. The minimum absolute atomic E-state index is 0.0468. The van der Waals surface area contributed by atoms with Crippen LogP contribution in [0, 0.1) is 5.92 Å². The Morgan fingerprint density at radius 3 is 2.89 bits per heavy atom. The molecular weight excluding hydrogens is 232 g/mol. The number of hydrogen-bond donors (Lipinski definition) is 2. The first kappa shape index (κ1) is 12.8. The van der Waals surface area contributed by atoms with Gasteiger partial charge in [-0.05, 0) is 37.8 Å². The molecule has 0 amide bonds. The highest BCUT2D eigenvalue weighted by molar-refractivity contribution is 5.85. The molecule has 98 valence electrons. The van der Waals surface area contributed by atoms with Crippen molar-refractivity contribution in [1.29, 1.82) is 0 Å². The van der Waals surface area contributed by atoms with Gasteiger partial charge in [-0.2, -0.15) is 0 Å². The summed E-state index contributed by atoms with van der Waals surface area (Å²) in [6.07, 6.45) is 2.38. The van der Waals surface area contributed by atoms with E-state index < -0.39 is 5.97 Å². The Hall–Kier alpha value is -1.62. The van der Waals surface area contributed by atoms with Gasteiger partial charge in [-0.1, -0.05) is 6.07 Å². The molecule has 1 heterocycles. The second kappa shape index (κ2) is 4.94. The van der Waals surface area contributed by atoms with Gasteiger partial charge in [-0.25, -0.2) is 9.78 Å². The van der Waals surface area contributed by atoms with Gasteiger partial charge in [0.2, 0.25) is 0 Å². The lowest BCUT2D eigenvalue weighted by molar-refractivity contribution is -0.00164. The summed E-state index contributed by atoms with van der Waals surface area (Å²) in [7, 11) is 1.71. The Morgan fingerprint density at radius 1 is 1.61 bits per heavy atom. The number of nitrogens with zero attached hydrogens (tertiary/aromatic N) is 1. The van der Waals surface area contributed by atoms with Crippen LogP contribution in [-0.4, -0.2) is 35.3 Å². The lowest BCUT2D eigenvalue weighted by Gasteiger charge is -2.28. The van der Waals surface area contributed by atoms with E-state index in [4.69, 9.17) is 9.84 Å². The number of aromatic nitrogens is 1. The van der Waals surface area contributed by atoms with E-state index in [2.05, 4.69) is 17.2 Å². The predicted molar refractivity (Wildman–Crippen MR) is 67.8 cm³/mol. The topological polar surface area (TPSA) is 71.5 Å². The zero-order valence-corrected chi connectivity index (χ0v) is 10.6. The van der Waals surface area contributed by atoms with Crippen LogP contribution in [0.15, 0.2) is 18.2 Å². The average molecular weight is 250 g/mol. The van der Waals surface area contributed by atoms with Crippen LogP contribution < -0.4 is 5.32 Å². The smallest absolute Gasteiger partial charge is 0.354 e. The second-order valence-corrected chi connectivity index (χ2v) is 4.86. The van der Waals surface area contributed by atoms with Crippen molar-refractivity contribution in [2.45, 2.75) is 25.4 Å². The first-order valence-corrected chi connectivity index (χ1v) is 6.04. The maximum Gasteiger partial charge on any atom is 0.354 e. The lowest BCUT2D eigenvalue weighted by Crippen LogP contribution is -2.38. The van der Waals surface area contributed by atoms with Crippen molar-refractivity contribution in [3.05, 3.63) is 23.9 Å². The molecule has 0 saturated heterocycles. The molecule has 5 nitrogen and oxygen atoms in total.